The minimum atomic E-state index is 0.180. The van der Waals surface area contributed by atoms with Gasteiger partial charge in [0.25, 0.3) is 0 Å². The van der Waals surface area contributed by atoms with Crippen LogP contribution in [0.4, 0.5) is 0 Å². The summed E-state index contributed by atoms with van der Waals surface area (Å²) in [4.78, 5) is 11.9. The minimum absolute atomic E-state index is 0.180. The largest absolute Gasteiger partial charge is 0.396 e. The lowest BCUT2D eigenvalue weighted by Crippen LogP contribution is -2.37. The maximum absolute atomic E-state index is 11.9. The molecule has 1 aliphatic carbocycles. The zero-order valence-corrected chi connectivity index (χ0v) is 12.6. The highest BCUT2D eigenvalue weighted by molar-refractivity contribution is 5.75. The van der Waals surface area contributed by atoms with E-state index < -0.39 is 0 Å². The number of carbonyl (C=O) groups excluding carboxylic acids is 1. The molecule has 1 amide bonds. The van der Waals surface area contributed by atoms with E-state index in [1.165, 1.54) is 32.1 Å². The smallest absolute Gasteiger partial charge is 0.220 e. The molecule has 2 fully saturated rings. The first kappa shape index (κ1) is 15.8. The number of hydrogen-bond acceptors (Lipinski definition) is 3. The Bertz CT molecular complexity index is 290. The van der Waals surface area contributed by atoms with Gasteiger partial charge in [-0.1, -0.05) is 19.3 Å². The van der Waals surface area contributed by atoms with Crippen molar-refractivity contribution in [1.29, 1.82) is 0 Å². The lowest BCUT2D eigenvalue weighted by molar-refractivity contribution is -0.121. The van der Waals surface area contributed by atoms with E-state index in [0.29, 0.717) is 24.3 Å². The predicted molar refractivity (Wildman–Crippen MR) is 80.4 cm³/mol. The molecule has 1 heterocycles. The van der Waals surface area contributed by atoms with Crippen molar-refractivity contribution >= 4 is 5.91 Å². The van der Waals surface area contributed by atoms with Crippen LogP contribution in [0.1, 0.15) is 57.8 Å². The second-order valence-corrected chi connectivity index (χ2v) is 6.48. The Kier molecular flexibility index (Phi) is 6.80. The molecule has 1 saturated heterocycles. The zero-order chi connectivity index (χ0) is 14.2. The second kappa shape index (κ2) is 8.63. The van der Waals surface area contributed by atoms with Crippen LogP contribution in [0.3, 0.4) is 0 Å². The maximum atomic E-state index is 11.9. The van der Waals surface area contributed by atoms with Gasteiger partial charge in [-0.25, -0.2) is 0 Å². The van der Waals surface area contributed by atoms with Crippen LogP contribution in [0.15, 0.2) is 0 Å². The van der Waals surface area contributed by atoms with Crippen LogP contribution < -0.4 is 10.6 Å². The average Bonchev–Trinajstić information content (AvgIpc) is 2.52. The van der Waals surface area contributed by atoms with Crippen molar-refractivity contribution in [3.63, 3.8) is 0 Å². The van der Waals surface area contributed by atoms with Crippen LogP contribution in [-0.2, 0) is 4.79 Å². The van der Waals surface area contributed by atoms with Crippen LogP contribution in [0.5, 0.6) is 0 Å². The van der Waals surface area contributed by atoms with Gasteiger partial charge in [-0.05, 0) is 50.5 Å². The van der Waals surface area contributed by atoms with E-state index in [2.05, 4.69) is 10.6 Å². The van der Waals surface area contributed by atoms with Gasteiger partial charge < -0.3 is 15.7 Å². The third-order valence-corrected chi connectivity index (χ3v) is 4.99. The van der Waals surface area contributed by atoms with Gasteiger partial charge in [-0.15, -0.1) is 0 Å². The molecular formula is C16H30N2O2. The fourth-order valence-corrected chi connectivity index (χ4v) is 3.60. The topological polar surface area (TPSA) is 61.4 Å². The first-order valence-corrected chi connectivity index (χ1v) is 8.40. The van der Waals surface area contributed by atoms with Crippen molar-refractivity contribution in [3.8, 4) is 0 Å². The summed E-state index contributed by atoms with van der Waals surface area (Å²) in [5, 5.41) is 15.9. The molecule has 4 nitrogen and oxygen atoms in total. The molecule has 3 atom stereocenters. The van der Waals surface area contributed by atoms with Crippen molar-refractivity contribution in [2.45, 2.75) is 63.8 Å². The third kappa shape index (κ3) is 5.06. The summed E-state index contributed by atoms with van der Waals surface area (Å²) < 4.78 is 0. The number of carbonyl (C=O) groups is 1. The molecule has 3 unspecified atom stereocenters. The van der Waals surface area contributed by atoms with E-state index in [1.54, 1.807) is 0 Å². The first-order valence-electron chi connectivity index (χ1n) is 8.40. The van der Waals surface area contributed by atoms with Crippen molar-refractivity contribution in [3.05, 3.63) is 0 Å². The fourth-order valence-electron chi connectivity index (χ4n) is 3.60. The summed E-state index contributed by atoms with van der Waals surface area (Å²) in [5.41, 5.74) is 0. The molecule has 1 aliphatic heterocycles. The number of amides is 1. The molecule has 20 heavy (non-hydrogen) atoms. The molecular weight excluding hydrogens is 252 g/mol. The SMILES string of the molecule is O=C(CCC1CCCCN1)NCC1CCCCC1CO. The van der Waals surface area contributed by atoms with Crippen molar-refractivity contribution in [2.75, 3.05) is 19.7 Å². The number of hydrogen-bond donors (Lipinski definition) is 3. The van der Waals surface area contributed by atoms with Crippen molar-refractivity contribution < 1.29 is 9.90 Å². The quantitative estimate of drug-likeness (QED) is 0.696. The van der Waals surface area contributed by atoms with Crippen LogP contribution in [0, 0.1) is 11.8 Å². The summed E-state index contributed by atoms with van der Waals surface area (Å²) in [6.07, 6.45) is 10.1. The van der Waals surface area contributed by atoms with E-state index in [1.807, 2.05) is 0 Å². The number of rotatable bonds is 6. The van der Waals surface area contributed by atoms with Gasteiger partial charge >= 0.3 is 0 Å². The van der Waals surface area contributed by atoms with Crippen LogP contribution in [0.2, 0.25) is 0 Å². The predicted octanol–water partition coefficient (Wildman–Crippen LogP) is 1.82. The summed E-state index contributed by atoms with van der Waals surface area (Å²) in [6, 6.07) is 0.536. The molecule has 0 bridgehead atoms. The molecule has 2 rings (SSSR count). The van der Waals surface area contributed by atoms with Gasteiger partial charge in [0, 0.05) is 25.6 Å². The van der Waals surface area contributed by atoms with E-state index >= 15 is 0 Å². The van der Waals surface area contributed by atoms with Gasteiger partial charge in [-0.2, -0.15) is 0 Å². The molecule has 1 saturated carbocycles. The number of piperidine rings is 1. The van der Waals surface area contributed by atoms with E-state index in [0.717, 1.165) is 32.4 Å². The Morgan fingerprint density at radius 2 is 1.85 bits per heavy atom. The first-order chi connectivity index (χ1) is 9.79. The second-order valence-electron chi connectivity index (χ2n) is 6.48. The summed E-state index contributed by atoms with van der Waals surface area (Å²) in [6.45, 7) is 2.13. The molecule has 3 N–H and O–H groups in total. The molecule has 0 aromatic carbocycles. The van der Waals surface area contributed by atoms with E-state index in [-0.39, 0.29) is 12.5 Å². The number of aliphatic hydroxyl groups excluding tert-OH is 1. The Hall–Kier alpha value is -0.610. The molecule has 4 heteroatoms. The van der Waals surface area contributed by atoms with Crippen LogP contribution in [-0.4, -0.2) is 36.8 Å². The summed E-state index contributed by atoms with van der Waals surface area (Å²) in [7, 11) is 0. The summed E-state index contributed by atoms with van der Waals surface area (Å²) in [5.74, 6) is 1.05. The monoisotopic (exact) mass is 282 g/mol. The minimum Gasteiger partial charge on any atom is -0.396 e. The highest BCUT2D eigenvalue weighted by atomic mass is 16.3. The fraction of sp³-hybridized carbons (Fsp3) is 0.938. The Balaban J connectivity index is 1.61. The molecule has 0 spiro atoms. The van der Waals surface area contributed by atoms with Gasteiger partial charge in [0.2, 0.25) is 5.91 Å². The zero-order valence-electron chi connectivity index (χ0n) is 12.6. The molecule has 2 aliphatic rings. The van der Waals surface area contributed by atoms with Crippen LogP contribution in [0.25, 0.3) is 0 Å². The normalized spacial score (nSPS) is 30.9. The third-order valence-electron chi connectivity index (χ3n) is 4.99. The Labute approximate surface area is 122 Å². The van der Waals surface area contributed by atoms with Crippen molar-refractivity contribution in [2.24, 2.45) is 11.8 Å². The molecule has 0 aromatic heterocycles. The maximum Gasteiger partial charge on any atom is 0.220 e. The Morgan fingerprint density at radius 1 is 1.10 bits per heavy atom. The van der Waals surface area contributed by atoms with Gasteiger partial charge in [0.05, 0.1) is 0 Å². The molecule has 0 radical (unpaired) electrons. The van der Waals surface area contributed by atoms with Crippen molar-refractivity contribution in [1.82, 2.24) is 10.6 Å². The molecule has 0 aromatic rings. The van der Waals surface area contributed by atoms with E-state index in [4.69, 9.17) is 0 Å². The van der Waals surface area contributed by atoms with Gasteiger partial charge in [0.15, 0.2) is 0 Å². The van der Waals surface area contributed by atoms with Gasteiger partial charge in [0.1, 0.15) is 0 Å². The highest BCUT2D eigenvalue weighted by Gasteiger charge is 2.24. The van der Waals surface area contributed by atoms with Crippen LogP contribution >= 0.6 is 0 Å². The van der Waals surface area contributed by atoms with E-state index in [9.17, 15) is 9.90 Å². The van der Waals surface area contributed by atoms with Gasteiger partial charge in [-0.3, -0.25) is 4.79 Å². The molecule has 116 valence electrons. The number of aliphatic hydroxyl groups is 1. The highest BCUT2D eigenvalue weighted by Crippen LogP contribution is 2.29. The standard InChI is InChI=1S/C16H30N2O2/c19-12-14-6-2-1-5-13(14)11-18-16(20)9-8-15-7-3-4-10-17-15/h13-15,17,19H,1-12H2,(H,18,20). The number of nitrogens with one attached hydrogen (secondary N) is 2. The Morgan fingerprint density at radius 3 is 2.55 bits per heavy atom. The lowest BCUT2D eigenvalue weighted by atomic mass is 9.79. The average molecular weight is 282 g/mol. The summed E-state index contributed by atoms with van der Waals surface area (Å²) >= 11 is 0. The lowest BCUT2D eigenvalue weighted by Gasteiger charge is -2.30.